The summed E-state index contributed by atoms with van der Waals surface area (Å²) in [7, 11) is 0. The summed E-state index contributed by atoms with van der Waals surface area (Å²) in [5.74, 6) is 0.801. The molecule has 7 fully saturated rings. The van der Waals surface area contributed by atoms with E-state index in [0.29, 0.717) is 41.4 Å². The number of rotatable bonds is 7. The van der Waals surface area contributed by atoms with Crippen LogP contribution in [-0.2, 0) is 9.53 Å². The first kappa shape index (κ1) is 24.9. The molecule has 0 radical (unpaired) electrons. The summed E-state index contributed by atoms with van der Waals surface area (Å²) in [6, 6.07) is 6.66. The van der Waals surface area contributed by atoms with Crippen LogP contribution in [0.1, 0.15) is 32.1 Å². The van der Waals surface area contributed by atoms with E-state index in [9.17, 15) is 9.18 Å². The van der Waals surface area contributed by atoms with Crippen LogP contribution in [0.2, 0.25) is 10.0 Å². The van der Waals surface area contributed by atoms with Gasteiger partial charge < -0.3 is 24.4 Å². The van der Waals surface area contributed by atoms with Gasteiger partial charge >= 0.3 is 0 Å². The van der Waals surface area contributed by atoms with Gasteiger partial charge in [-0.25, -0.2) is 14.4 Å². The summed E-state index contributed by atoms with van der Waals surface area (Å²) in [4.78, 5) is 23.2. The Bertz CT molecular complexity index is 1510. The molecule has 2 aromatic carbocycles. The molecule has 7 aliphatic rings. The molecule has 1 aromatic heterocycles. The van der Waals surface area contributed by atoms with E-state index in [4.69, 9.17) is 37.4 Å². The number of nitrogens with one attached hydrogen (secondary N) is 1. The van der Waals surface area contributed by atoms with Gasteiger partial charge in [-0.1, -0.05) is 29.8 Å². The van der Waals surface area contributed by atoms with Crippen molar-refractivity contribution in [2.75, 3.05) is 18.5 Å². The molecule has 10 rings (SSSR count). The van der Waals surface area contributed by atoms with E-state index in [1.807, 2.05) is 17.0 Å². The summed E-state index contributed by atoms with van der Waals surface area (Å²) in [5.41, 5.74) is 0.440. The summed E-state index contributed by atoms with van der Waals surface area (Å²) in [5, 5.41) is 3.59. The van der Waals surface area contributed by atoms with Crippen LogP contribution in [0, 0.1) is 5.82 Å². The number of aromatic nitrogens is 2. The lowest BCUT2D eigenvalue weighted by Crippen LogP contribution is -2.91. The smallest absolute Gasteiger partial charge is 0.246 e. The standard InChI is InChI=1S/C28H25Cl2FN4O4/c1-2-23(36)35-27-9-16(10-28(35,12-27)13-27)39-21-7-17-20(8-22(21)38-15-5-6-37-11-15)32-14-33-26(17)34-19-4-3-18(29)24(30)25(19)31/h2-4,7-8,14-16H,1,5-6,9-13H2,(H,32,33,34)/t15-,16?,27?,28?/m1/s1. The third-order valence-electron chi connectivity index (χ3n) is 8.34. The van der Waals surface area contributed by atoms with Gasteiger partial charge in [-0.05, 0) is 37.1 Å². The fourth-order valence-corrected chi connectivity index (χ4v) is 7.22. The monoisotopic (exact) mass is 570 g/mol. The minimum absolute atomic E-state index is 0.00990. The predicted octanol–water partition coefficient (Wildman–Crippen LogP) is 5.83. The molecule has 2 bridgehead atoms. The number of nitrogens with zero attached hydrogens (tertiary/aromatic N) is 3. The Hall–Kier alpha value is -3.14. The van der Waals surface area contributed by atoms with Gasteiger partial charge in [-0.15, -0.1) is 0 Å². The number of carbonyl (C=O) groups excluding carboxylic acids is 1. The number of benzene rings is 2. The van der Waals surface area contributed by atoms with Crippen molar-refractivity contribution in [2.45, 2.75) is 55.4 Å². The van der Waals surface area contributed by atoms with Gasteiger partial charge in [0.15, 0.2) is 17.3 Å². The quantitative estimate of drug-likeness (QED) is 0.282. The molecule has 39 heavy (non-hydrogen) atoms. The normalized spacial score (nSPS) is 28.4. The molecule has 1 amide bonds. The second-order valence-corrected chi connectivity index (χ2v) is 11.6. The predicted molar refractivity (Wildman–Crippen MR) is 144 cm³/mol. The molecule has 11 heteroatoms. The first-order chi connectivity index (χ1) is 18.8. The molecule has 0 spiro atoms. The molecule has 1 N–H and O–H groups in total. The van der Waals surface area contributed by atoms with Crippen molar-refractivity contribution >= 4 is 51.5 Å². The Balaban J connectivity index is 1.22. The molecular formula is C28H25Cl2FN4O4. The zero-order valence-corrected chi connectivity index (χ0v) is 22.4. The number of fused-ring (bicyclic) bond motifs is 1. The molecule has 4 aliphatic heterocycles. The van der Waals surface area contributed by atoms with Gasteiger partial charge in [-0.3, -0.25) is 4.79 Å². The molecule has 8 nitrogen and oxygen atoms in total. The number of hydrogen-bond donors (Lipinski definition) is 1. The average Bonchev–Trinajstić information content (AvgIpc) is 3.42. The van der Waals surface area contributed by atoms with Crippen LogP contribution in [0.3, 0.4) is 0 Å². The number of hydrogen-bond acceptors (Lipinski definition) is 7. The van der Waals surface area contributed by atoms with E-state index < -0.39 is 5.82 Å². The van der Waals surface area contributed by atoms with Crippen LogP contribution in [0.15, 0.2) is 43.2 Å². The van der Waals surface area contributed by atoms with Crippen LogP contribution in [0.25, 0.3) is 10.9 Å². The SMILES string of the molecule is C=CC(=O)N1C23CC(Oc4cc5c(Nc6ccc(Cl)c(Cl)c6F)ncnc5cc4O[C@@H]4CCOC4)CC1(C2)C3. The first-order valence-corrected chi connectivity index (χ1v) is 13.6. The molecule has 3 saturated carbocycles. The molecule has 4 saturated heterocycles. The largest absolute Gasteiger partial charge is 0.486 e. The Morgan fingerprint density at radius 2 is 1.90 bits per heavy atom. The minimum atomic E-state index is -0.675. The summed E-state index contributed by atoms with van der Waals surface area (Å²) < 4.78 is 33.2. The summed E-state index contributed by atoms with van der Waals surface area (Å²) >= 11 is 12.0. The van der Waals surface area contributed by atoms with Crippen LogP contribution in [0.4, 0.5) is 15.9 Å². The van der Waals surface area contributed by atoms with Crippen LogP contribution in [0.5, 0.6) is 11.5 Å². The van der Waals surface area contributed by atoms with Crippen molar-refractivity contribution < 1.29 is 23.4 Å². The molecule has 3 aromatic rings. The minimum Gasteiger partial charge on any atom is -0.486 e. The van der Waals surface area contributed by atoms with Crippen molar-refractivity contribution in [3.63, 3.8) is 0 Å². The van der Waals surface area contributed by atoms with Crippen molar-refractivity contribution in [1.29, 1.82) is 0 Å². The maximum atomic E-state index is 14.8. The third kappa shape index (κ3) is 3.85. The van der Waals surface area contributed by atoms with E-state index in [-0.39, 0.29) is 44.9 Å². The van der Waals surface area contributed by atoms with E-state index in [1.165, 1.54) is 24.5 Å². The molecular weight excluding hydrogens is 546 g/mol. The van der Waals surface area contributed by atoms with Gasteiger partial charge in [0, 0.05) is 30.7 Å². The van der Waals surface area contributed by atoms with Crippen molar-refractivity contribution in [3.8, 4) is 11.5 Å². The zero-order valence-electron chi connectivity index (χ0n) is 20.9. The highest BCUT2D eigenvalue weighted by Gasteiger charge is 2.79. The average molecular weight is 571 g/mol. The van der Waals surface area contributed by atoms with Crippen molar-refractivity contribution in [2.24, 2.45) is 0 Å². The molecule has 5 heterocycles. The second-order valence-electron chi connectivity index (χ2n) is 10.8. The van der Waals surface area contributed by atoms with Crippen LogP contribution < -0.4 is 14.8 Å². The fourth-order valence-electron chi connectivity index (χ4n) is 6.91. The van der Waals surface area contributed by atoms with Gasteiger partial charge in [-0.2, -0.15) is 0 Å². The molecule has 202 valence electrons. The van der Waals surface area contributed by atoms with E-state index in [1.54, 1.807) is 0 Å². The molecule has 3 aliphatic carbocycles. The van der Waals surface area contributed by atoms with Gasteiger partial charge in [0.25, 0.3) is 0 Å². The fraction of sp³-hybridized carbons (Fsp3) is 0.393. The van der Waals surface area contributed by atoms with Crippen molar-refractivity contribution in [1.82, 2.24) is 14.9 Å². The summed E-state index contributed by atoms with van der Waals surface area (Å²) in [6.07, 6.45) is 6.89. The lowest BCUT2D eigenvalue weighted by Gasteiger charge is -2.82. The highest BCUT2D eigenvalue weighted by atomic mass is 35.5. The number of carbonyl (C=O) groups is 1. The molecule has 1 atom stereocenters. The maximum Gasteiger partial charge on any atom is 0.246 e. The zero-order chi connectivity index (χ0) is 26.9. The number of anilines is 2. The Morgan fingerprint density at radius 3 is 2.62 bits per heavy atom. The maximum absolute atomic E-state index is 14.8. The second kappa shape index (κ2) is 8.94. The number of ether oxygens (including phenoxy) is 3. The van der Waals surface area contributed by atoms with E-state index in [2.05, 4.69) is 21.9 Å². The lowest BCUT2D eigenvalue weighted by molar-refractivity contribution is -0.301. The Kier molecular flexibility index (Phi) is 5.70. The van der Waals surface area contributed by atoms with E-state index >= 15 is 0 Å². The Morgan fingerprint density at radius 1 is 1.15 bits per heavy atom. The first-order valence-electron chi connectivity index (χ1n) is 12.9. The van der Waals surface area contributed by atoms with Crippen molar-refractivity contribution in [3.05, 3.63) is 59.1 Å². The summed E-state index contributed by atoms with van der Waals surface area (Å²) in [6.45, 7) is 4.80. The van der Waals surface area contributed by atoms with Gasteiger partial charge in [0.2, 0.25) is 5.91 Å². The van der Waals surface area contributed by atoms with E-state index in [0.717, 1.165) is 32.1 Å². The third-order valence-corrected chi connectivity index (χ3v) is 9.12. The number of halogens is 3. The lowest BCUT2D eigenvalue weighted by atomic mass is 9.42. The topological polar surface area (TPSA) is 85.8 Å². The number of piperidine rings is 1. The van der Waals surface area contributed by atoms with Crippen LogP contribution in [-0.4, -0.2) is 57.3 Å². The number of amides is 1. The Labute approximate surface area is 234 Å². The van der Waals surface area contributed by atoms with Crippen LogP contribution >= 0.6 is 23.2 Å². The highest BCUT2D eigenvalue weighted by Crippen LogP contribution is 2.71. The highest BCUT2D eigenvalue weighted by molar-refractivity contribution is 6.42. The molecule has 0 unspecified atom stereocenters. The van der Waals surface area contributed by atoms with Gasteiger partial charge in [0.05, 0.1) is 45.5 Å². The van der Waals surface area contributed by atoms with Gasteiger partial charge in [0.1, 0.15) is 24.4 Å².